The molecule has 0 radical (unpaired) electrons. The number of hydroxylamine groups is 1. The fraction of sp³-hybridized carbons (Fsp3) is 0.778. The number of carbonyl (C=O) groups excluding carboxylic acids is 2. The highest BCUT2D eigenvalue weighted by Crippen LogP contribution is 2.12. The molecule has 0 heterocycles. The van der Waals surface area contributed by atoms with E-state index >= 15 is 0 Å². The molecular formula is C9H17NO3. The molecule has 0 unspecified atom stereocenters. The second-order valence-electron chi connectivity index (χ2n) is 4.49. The third-order valence-electron chi connectivity index (χ3n) is 1.33. The van der Waals surface area contributed by atoms with Crippen molar-refractivity contribution in [2.75, 3.05) is 0 Å². The zero-order chi connectivity index (χ0) is 10.7. The van der Waals surface area contributed by atoms with E-state index in [9.17, 15) is 9.59 Å². The molecule has 0 aromatic heterocycles. The van der Waals surface area contributed by atoms with Gasteiger partial charge in [-0.25, -0.2) is 5.48 Å². The maximum Gasteiger partial charge on any atom is 0.256 e. The van der Waals surface area contributed by atoms with Gasteiger partial charge in [-0.15, -0.1) is 0 Å². The first kappa shape index (κ1) is 12.1. The monoisotopic (exact) mass is 187 g/mol. The number of amides is 1. The van der Waals surface area contributed by atoms with E-state index in [0.29, 0.717) is 6.29 Å². The molecule has 0 aliphatic rings. The molecule has 0 spiro atoms. The second kappa shape index (κ2) is 3.87. The molecule has 76 valence electrons. The first-order valence-corrected chi connectivity index (χ1v) is 4.14. The maximum atomic E-state index is 11.3. The number of hydrogen-bond donors (Lipinski definition) is 1. The van der Waals surface area contributed by atoms with Gasteiger partial charge in [0, 0.05) is 0 Å². The Morgan fingerprint density at radius 1 is 1.23 bits per heavy atom. The Labute approximate surface area is 78.6 Å². The quantitative estimate of drug-likeness (QED) is 0.408. The smallest absolute Gasteiger partial charge is 0.256 e. The predicted octanol–water partition coefficient (Wildman–Crippen LogP) is 1.06. The summed E-state index contributed by atoms with van der Waals surface area (Å²) in [7, 11) is 0. The van der Waals surface area contributed by atoms with E-state index in [1.54, 1.807) is 20.8 Å². The lowest BCUT2D eigenvalue weighted by Crippen LogP contribution is -2.41. The molecular weight excluding hydrogens is 170 g/mol. The van der Waals surface area contributed by atoms with Crippen LogP contribution in [0, 0.1) is 5.41 Å². The lowest BCUT2D eigenvalue weighted by atomic mass is 9.95. The Kier molecular flexibility index (Phi) is 3.60. The Morgan fingerprint density at radius 3 is 2.00 bits per heavy atom. The van der Waals surface area contributed by atoms with Crippen molar-refractivity contribution < 1.29 is 14.4 Å². The minimum Gasteiger partial charge on any atom is -0.302 e. The molecule has 13 heavy (non-hydrogen) atoms. The Morgan fingerprint density at radius 2 is 1.69 bits per heavy atom. The number of rotatable bonds is 3. The van der Waals surface area contributed by atoms with Crippen molar-refractivity contribution >= 4 is 12.2 Å². The summed E-state index contributed by atoms with van der Waals surface area (Å²) in [6.07, 6.45) is 0.592. The van der Waals surface area contributed by atoms with E-state index in [1.165, 1.54) is 13.8 Å². The number of hydrogen-bond acceptors (Lipinski definition) is 3. The topological polar surface area (TPSA) is 55.4 Å². The number of nitrogens with one attached hydrogen (secondary N) is 1. The maximum absolute atomic E-state index is 11.3. The van der Waals surface area contributed by atoms with Crippen LogP contribution in [0.2, 0.25) is 0 Å². The van der Waals surface area contributed by atoms with Crippen molar-refractivity contribution in [1.29, 1.82) is 0 Å². The van der Waals surface area contributed by atoms with Crippen molar-refractivity contribution in [3.63, 3.8) is 0 Å². The molecule has 0 rings (SSSR count). The van der Waals surface area contributed by atoms with Crippen molar-refractivity contribution in [3.8, 4) is 0 Å². The van der Waals surface area contributed by atoms with Gasteiger partial charge in [0.05, 0.1) is 5.60 Å². The molecule has 0 fully saturated rings. The fourth-order valence-corrected chi connectivity index (χ4v) is 0.384. The van der Waals surface area contributed by atoms with Crippen LogP contribution in [0.4, 0.5) is 0 Å². The minimum absolute atomic E-state index is 0.433. The van der Waals surface area contributed by atoms with E-state index < -0.39 is 16.9 Å². The van der Waals surface area contributed by atoms with Gasteiger partial charge in [0.2, 0.25) is 0 Å². The predicted molar refractivity (Wildman–Crippen MR) is 48.8 cm³/mol. The molecule has 0 aromatic rings. The highest BCUT2D eigenvalue weighted by atomic mass is 16.7. The molecule has 0 atom stereocenters. The molecule has 0 saturated heterocycles. The summed E-state index contributed by atoms with van der Waals surface area (Å²) < 4.78 is 0. The van der Waals surface area contributed by atoms with Crippen LogP contribution in [0.5, 0.6) is 0 Å². The molecule has 0 aliphatic heterocycles. The zero-order valence-electron chi connectivity index (χ0n) is 8.80. The summed E-state index contributed by atoms with van der Waals surface area (Å²) in [5.74, 6) is -0.433. The normalized spacial score (nSPS) is 12.4. The van der Waals surface area contributed by atoms with Gasteiger partial charge in [0.25, 0.3) is 5.91 Å². The first-order chi connectivity index (χ1) is 5.69. The molecule has 4 heteroatoms. The summed E-state index contributed by atoms with van der Waals surface area (Å²) in [6.45, 7) is 8.48. The summed E-state index contributed by atoms with van der Waals surface area (Å²) in [5, 5.41) is 0. The SMILES string of the molecule is CC(C)(C)ONC(=O)C(C)(C)C=O. The summed E-state index contributed by atoms with van der Waals surface area (Å²) in [5.41, 5.74) is 0.757. The average Bonchev–Trinajstić information content (AvgIpc) is 1.98. The number of aldehydes is 1. The molecule has 0 bridgehead atoms. The lowest BCUT2D eigenvalue weighted by molar-refractivity contribution is -0.155. The van der Waals surface area contributed by atoms with Crippen LogP contribution in [0.1, 0.15) is 34.6 Å². The Hall–Kier alpha value is -0.900. The highest BCUT2D eigenvalue weighted by molar-refractivity contribution is 5.95. The van der Waals surface area contributed by atoms with Crippen LogP contribution in [0.25, 0.3) is 0 Å². The van der Waals surface area contributed by atoms with E-state index in [4.69, 9.17) is 4.84 Å². The molecule has 1 amide bonds. The van der Waals surface area contributed by atoms with E-state index in [2.05, 4.69) is 5.48 Å². The number of carbonyl (C=O) groups is 2. The third kappa shape index (κ3) is 4.62. The summed E-state index contributed by atoms with van der Waals surface area (Å²) in [4.78, 5) is 26.8. The Balaban J connectivity index is 4.10. The first-order valence-electron chi connectivity index (χ1n) is 4.14. The van der Waals surface area contributed by atoms with Gasteiger partial charge < -0.3 is 4.79 Å². The van der Waals surface area contributed by atoms with Crippen LogP contribution >= 0.6 is 0 Å². The van der Waals surface area contributed by atoms with Crippen LogP contribution < -0.4 is 5.48 Å². The van der Waals surface area contributed by atoms with Gasteiger partial charge in [-0.05, 0) is 34.6 Å². The minimum atomic E-state index is -1.04. The van der Waals surface area contributed by atoms with Crippen LogP contribution in [0.3, 0.4) is 0 Å². The van der Waals surface area contributed by atoms with E-state index in [0.717, 1.165) is 0 Å². The second-order valence-corrected chi connectivity index (χ2v) is 4.49. The van der Waals surface area contributed by atoms with E-state index in [1.807, 2.05) is 0 Å². The standard InChI is InChI=1S/C9H17NO3/c1-8(2,3)13-10-7(12)9(4,5)6-11/h6H,1-5H3,(H,10,12). The van der Waals surface area contributed by atoms with Crippen LogP contribution in [0.15, 0.2) is 0 Å². The molecule has 0 aliphatic carbocycles. The van der Waals surface area contributed by atoms with Crippen molar-refractivity contribution in [1.82, 2.24) is 5.48 Å². The van der Waals surface area contributed by atoms with Gasteiger partial charge in [-0.2, -0.15) is 0 Å². The third-order valence-corrected chi connectivity index (χ3v) is 1.33. The van der Waals surface area contributed by atoms with Crippen molar-refractivity contribution in [3.05, 3.63) is 0 Å². The Bertz CT molecular complexity index is 203. The molecule has 1 N–H and O–H groups in total. The van der Waals surface area contributed by atoms with Gasteiger partial charge in [-0.1, -0.05) is 0 Å². The van der Waals surface area contributed by atoms with Crippen molar-refractivity contribution in [2.24, 2.45) is 5.41 Å². The summed E-state index contributed by atoms with van der Waals surface area (Å²) in [6, 6.07) is 0. The molecule has 0 saturated carbocycles. The fourth-order valence-electron chi connectivity index (χ4n) is 0.384. The van der Waals surface area contributed by atoms with Gasteiger partial charge in [0.15, 0.2) is 0 Å². The van der Waals surface area contributed by atoms with Gasteiger partial charge in [-0.3, -0.25) is 9.63 Å². The van der Waals surface area contributed by atoms with Crippen LogP contribution in [-0.4, -0.2) is 17.8 Å². The molecule has 4 nitrogen and oxygen atoms in total. The van der Waals surface area contributed by atoms with Gasteiger partial charge in [0.1, 0.15) is 11.7 Å². The van der Waals surface area contributed by atoms with Crippen LogP contribution in [-0.2, 0) is 14.4 Å². The highest BCUT2D eigenvalue weighted by Gasteiger charge is 2.28. The molecule has 0 aromatic carbocycles. The zero-order valence-corrected chi connectivity index (χ0v) is 8.80. The van der Waals surface area contributed by atoms with E-state index in [-0.39, 0.29) is 0 Å². The summed E-state index contributed by atoms with van der Waals surface area (Å²) >= 11 is 0. The largest absolute Gasteiger partial charge is 0.302 e. The average molecular weight is 187 g/mol. The lowest BCUT2D eigenvalue weighted by Gasteiger charge is -2.22. The van der Waals surface area contributed by atoms with Gasteiger partial charge >= 0.3 is 0 Å². The van der Waals surface area contributed by atoms with Crippen molar-refractivity contribution in [2.45, 2.75) is 40.2 Å².